The molecule has 0 heterocycles. The van der Waals surface area contributed by atoms with Gasteiger partial charge < -0.3 is 10.1 Å². The van der Waals surface area contributed by atoms with Crippen LogP contribution in [0, 0.1) is 5.92 Å². The summed E-state index contributed by atoms with van der Waals surface area (Å²) in [6, 6.07) is 8.25. The molecular formula is C14H22BrNO. The lowest BCUT2D eigenvalue weighted by atomic mass is 10.2. The standard InChI is InChI=1S/C14H22BrNO/c1-3-7-16-9-12(2)10-17-11-13-5-4-6-14(15)8-13/h4-6,8,12,16H,3,7,9-11H2,1-2H3. The van der Waals surface area contributed by atoms with Crippen molar-refractivity contribution in [3.8, 4) is 0 Å². The van der Waals surface area contributed by atoms with Gasteiger partial charge in [0.15, 0.2) is 0 Å². The molecule has 0 amide bonds. The minimum absolute atomic E-state index is 0.564. The van der Waals surface area contributed by atoms with Crippen molar-refractivity contribution >= 4 is 15.9 Å². The molecule has 2 nitrogen and oxygen atoms in total. The van der Waals surface area contributed by atoms with Crippen molar-refractivity contribution < 1.29 is 4.74 Å². The molecule has 0 aliphatic heterocycles. The van der Waals surface area contributed by atoms with Gasteiger partial charge in [0, 0.05) is 4.47 Å². The summed E-state index contributed by atoms with van der Waals surface area (Å²) >= 11 is 3.46. The summed E-state index contributed by atoms with van der Waals surface area (Å²) in [5, 5.41) is 3.41. The van der Waals surface area contributed by atoms with Gasteiger partial charge in [-0.3, -0.25) is 0 Å². The molecule has 1 aromatic carbocycles. The summed E-state index contributed by atoms with van der Waals surface area (Å²) in [5.41, 5.74) is 1.22. The Balaban J connectivity index is 2.14. The largest absolute Gasteiger partial charge is 0.376 e. The van der Waals surface area contributed by atoms with Gasteiger partial charge in [-0.2, -0.15) is 0 Å². The predicted octanol–water partition coefficient (Wildman–Crippen LogP) is 3.60. The van der Waals surface area contributed by atoms with Crippen LogP contribution in [0.3, 0.4) is 0 Å². The Morgan fingerprint density at radius 3 is 2.94 bits per heavy atom. The molecule has 0 saturated carbocycles. The van der Waals surface area contributed by atoms with Crippen LogP contribution in [0.4, 0.5) is 0 Å². The average Bonchev–Trinajstić information content (AvgIpc) is 2.29. The maximum absolute atomic E-state index is 5.71. The SMILES string of the molecule is CCCNCC(C)COCc1cccc(Br)c1. The van der Waals surface area contributed by atoms with E-state index in [1.807, 2.05) is 12.1 Å². The summed E-state index contributed by atoms with van der Waals surface area (Å²) in [4.78, 5) is 0. The topological polar surface area (TPSA) is 21.3 Å². The van der Waals surface area contributed by atoms with Crippen LogP contribution < -0.4 is 5.32 Å². The second-order valence-corrected chi connectivity index (χ2v) is 5.37. The fraction of sp³-hybridized carbons (Fsp3) is 0.571. The molecule has 1 unspecified atom stereocenters. The number of hydrogen-bond donors (Lipinski definition) is 1. The van der Waals surface area contributed by atoms with E-state index in [2.05, 4.69) is 47.2 Å². The van der Waals surface area contributed by atoms with Crippen molar-refractivity contribution in [1.82, 2.24) is 5.32 Å². The highest BCUT2D eigenvalue weighted by Crippen LogP contribution is 2.12. The molecule has 1 aromatic rings. The van der Waals surface area contributed by atoms with Gasteiger partial charge >= 0.3 is 0 Å². The Bertz CT molecular complexity index is 317. The molecule has 3 heteroatoms. The smallest absolute Gasteiger partial charge is 0.0717 e. The van der Waals surface area contributed by atoms with Crippen LogP contribution in [0.1, 0.15) is 25.8 Å². The van der Waals surface area contributed by atoms with Gasteiger partial charge in [-0.1, -0.05) is 41.9 Å². The van der Waals surface area contributed by atoms with E-state index < -0.39 is 0 Å². The van der Waals surface area contributed by atoms with Crippen LogP contribution in [0.15, 0.2) is 28.7 Å². The molecular weight excluding hydrogens is 278 g/mol. The first-order valence-electron chi connectivity index (χ1n) is 6.25. The number of nitrogens with one attached hydrogen (secondary N) is 1. The number of rotatable bonds is 8. The second kappa shape index (κ2) is 8.67. The molecule has 0 spiro atoms. The lowest BCUT2D eigenvalue weighted by Gasteiger charge is -2.12. The third-order valence-electron chi connectivity index (χ3n) is 2.48. The summed E-state index contributed by atoms with van der Waals surface area (Å²) in [5.74, 6) is 0.564. The Labute approximate surface area is 113 Å². The van der Waals surface area contributed by atoms with Gasteiger partial charge in [-0.05, 0) is 43.1 Å². The average molecular weight is 300 g/mol. The molecule has 1 rings (SSSR count). The zero-order valence-electron chi connectivity index (χ0n) is 10.7. The van der Waals surface area contributed by atoms with Gasteiger partial charge in [-0.25, -0.2) is 0 Å². The van der Waals surface area contributed by atoms with E-state index >= 15 is 0 Å². The molecule has 0 aliphatic rings. The van der Waals surface area contributed by atoms with Crippen LogP contribution in [-0.4, -0.2) is 19.7 Å². The zero-order chi connectivity index (χ0) is 12.5. The summed E-state index contributed by atoms with van der Waals surface area (Å²) in [7, 11) is 0. The quantitative estimate of drug-likeness (QED) is 0.741. The van der Waals surface area contributed by atoms with Crippen molar-refractivity contribution in [2.75, 3.05) is 19.7 Å². The predicted molar refractivity (Wildman–Crippen MR) is 76.1 cm³/mol. The summed E-state index contributed by atoms with van der Waals surface area (Å²) < 4.78 is 6.81. The van der Waals surface area contributed by atoms with Gasteiger partial charge in [0.05, 0.1) is 13.2 Å². The van der Waals surface area contributed by atoms with Gasteiger partial charge in [-0.15, -0.1) is 0 Å². The van der Waals surface area contributed by atoms with E-state index in [1.54, 1.807) is 0 Å². The first kappa shape index (κ1) is 14.7. The van der Waals surface area contributed by atoms with E-state index in [0.29, 0.717) is 12.5 Å². The van der Waals surface area contributed by atoms with Crippen molar-refractivity contribution in [2.24, 2.45) is 5.92 Å². The van der Waals surface area contributed by atoms with Crippen LogP contribution in [-0.2, 0) is 11.3 Å². The molecule has 0 aliphatic carbocycles. The third kappa shape index (κ3) is 6.81. The molecule has 17 heavy (non-hydrogen) atoms. The Morgan fingerprint density at radius 1 is 1.41 bits per heavy atom. The van der Waals surface area contributed by atoms with E-state index in [4.69, 9.17) is 4.74 Å². The zero-order valence-corrected chi connectivity index (χ0v) is 12.3. The highest BCUT2D eigenvalue weighted by molar-refractivity contribution is 9.10. The first-order valence-corrected chi connectivity index (χ1v) is 7.04. The minimum Gasteiger partial charge on any atom is -0.376 e. The summed E-state index contributed by atoms with van der Waals surface area (Å²) in [6.45, 7) is 8.02. The molecule has 96 valence electrons. The number of hydrogen-bond acceptors (Lipinski definition) is 2. The Kier molecular flexibility index (Phi) is 7.49. The molecule has 0 saturated heterocycles. The van der Waals surface area contributed by atoms with E-state index in [1.165, 1.54) is 12.0 Å². The minimum atomic E-state index is 0.564. The highest BCUT2D eigenvalue weighted by atomic mass is 79.9. The fourth-order valence-electron chi connectivity index (χ4n) is 1.59. The van der Waals surface area contributed by atoms with Crippen molar-refractivity contribution in [3.05, 3.63) is 34.3 Å². The van der Waals surface area contributed by atoms with Crippen molar-refractivity contribution in [3.63, 3.8) is 0 Å². The van der Waals surface area contributed by atoms with Crippen molar-refractivity contribution in [1.29, 1.82) is 0 Å². The van der Waals surface area contributed by atoms with Gasteiger partial charge in [0.25, 0.3) is 0 Å². The van der Waals surface area contributed by atoms with Crippen LogP contribution in [0.5, 0.6) is 0 Å². The molecule has 1 N–H and O–H groups in total. The Hall–Kier alpha value is -0.380. The lowest BCUT2D eigenvalue weighted by Crippen LogP contribution is -2.24. The van der Waals surface area contributed by atoms with E-state index in [-0.39, 0.29) is 0 Å². The second-order valence-electron chi connectivity index (χ2n) is 4.45. The number of ether oxygens (including phenoxy) is 1. The maximum atomic E-state index is 5.71. The number of halogens is 1. The molecule has 0 bridgehead atoms. The first-order chi connectivity index (χ1) is 8.22. The van der Waals surface area contributed by atoms with E-state index in [9.17, 15) is 0 Å². The maximum Gasteiger partial charge on any atom is 0.0717 e. The normalized spacial score (nSPS) is 12.6. The van der Waals surface area contributed by atoms with E-state index in [0.717, 1.165) is 24.2 Å². The fourth-order valence-corrected chi connectivity index (χ4v) is 2.04. The van der Waals surface area contributed by atoms with Crippen LogP contribution in [0.25, 0.3) is 0 Å². The monoisotopic (exact) mass is 299 g/mol. The van der Waals surface area contributed by atoms with Crippen LogP contribution >= 0.6 is 15.9 Å². The molecule has 0 radical (unpaired) electrons. The lowest BCUT2D eigenvalue weighted by molar-refractivity contribution is 0.0918. The van der Waals surface area contributed by atoms with Crippen LogP contribution in [0.2, 0.25) is 0 Å². The van der Waals surface area contributed by atoms with Crippen molar-refractivity contribution in [2.45, 2.75) is 26.9 Å². The molecule has 0 aromatic heterocycles. The number of benzene rings is 1. The Morgan fingerprint density at radius 2 is 2.24 bits per heavy atom. The molecule has 1 atom stereocenters. The highest BCUT2D eigenvalue weighted by Gasteiger charge is 2.02. The van der Waals surface area contributed by atoms with Gasteiger partial charge in [0.1, 0.15) is 0 Å². The third-order valence-corrected chi connectivity index (χ3v) is 2.97. The molecule has 0 fully saturated rings. The van der Waals surface area contributed by atoms with Gasteiger partial charge in [0.2, 0.25) is 0 Å². The summed E-state index contributed by atoms with van der Waals surface area (Å²) in [6.07, 6.45) is 1.19.